The lowest BCUT2D eigenvalue weighted by Gasteiger charge is -2.19. The third kappa shape index (κ3) is 4.04. The molecule has 0 fully saturated rings. The Labute approximate surface area is 189 Å². The monoisotopic (exact) mass is 472 g/mol. The summed E-state index contributed by atoms with van der Waals surface area (Å²) in [5.74, 6) is -1.47. The lowest BCUT2D eigenvalue weighted by Crippen LogP contribution is -2.31. The van der Waals surface area contributed by atoms with Crippen LogP contribution in [0.4, 0.5) is 9.52 Å². The zero-order valence-corrected chi connectivity index (χ0v) is 19.1. The summed E-state index contributed by atoms with van der Waals surface area (Å²) in [6.07, 6.45) is 1.86. The van der Waals surface area contributed by atoms with Crippen molar-refractivity contribution in [2.45, 2.75) is 18.7 Å². The molecule has 7 nitrogen and oxygen atoms in total. The summed E-state index contributed by atoms with van der Waals surface area (Å²) in [7, 11) is -4.05. The number of carbonyl (C=O) groups is 1. The van der Waals surface area contributed by atoms with E-state index in [2.05, 4.69) is 15.3 Å². The minimum absolute atomic E-state index is 0.0287. The van der Waals surface area contributed by atoms with Crippen molar-refractivity contribution in [3.63, 3.8) is 0 Å². The van der Waals surface area contributed by atoms with Gasteiger partial charge in [-0.2, -0.15) is 4.31 Å². The predicted octanol–water partition coefficient (Wildman–Crippen LogP) is 4.71. The zero-order valence-electron chi connectivity index (χ0n) is 17.4. The lowest BCUT2D eigenvalue weighted by molar-refractivity contribution is 0.102. The van der Waals surface area contributed by atoms with E-state index >= 15 is 0 Å². The van der Waals surface area contributed by atoms with Crippen molar-refractivity contribution in [2.75, 3.05) is 18.4 Å². The smallest absolute Gasteiger partial charge is 0.257 e. The Kier molecular flexibility index (Phi) is 6.09. The number of nitrogens with one attached hydrogen (secondary N) is 2. The van der Waals surface area contributed by atoms with Crippen molar-refractivity contribution >= 4 is 43.3 Å². The molecule has 0 aliphatic carbocycles. The van der Waals surface area contributed by atoms with Crippen LogP contribution in [0.2, 0.25) is 0 Å². The summed E-state index contributed by atoms with van der Waals surface area (Å²) < 4.78 is 40.9. The lowest BCUT2D eigenvalue weighted by atomic mass is 10.1. The topological polar surface area (TPSA) is 95.2 Å². The summed E-state index contributed by atoms with van der Waals surface area (Å²) in [6, 6.07) is 11.1. The van der Waals surface area contributed by atoms with Crippen molar-refractivity contribution in [2.24, 2.45) is 0 Å². The Morgan fingerprint density at radius 2 is 1.94 bits per heavy atom. The van der Waals surface area contributed by atoms with Gasteiger partial charge in [-0.25, -0.2) is 17.8 Å². The molecule has 0 saturated heterocycles. The summed E-state index contributed by atoms with van der Waals surface area (Å²) in [6.45, 7) is 3.74. The fraction of sp³-hybridized carbons (Fsp3) is 0.182. The first-order valence-corrected chi connectivity index (χ1v) is 12.3. The third-order valence-electron chi connectivity index (χ3n) is 5.11. The van der Waals surface area contributed by atoms with Gasteiger partial charge in [0.1, 0.15) is 10.7 Å². The fourth-order valence-electron chi connectivity index (χ4n) is 3.45. The summed E-state index contributed by atoms with van der Waals surface area (Å²) >= 11 is 1.25. The number of sulfonamides is 1. The number of rotatable bonds is 7. The molecular formula is C22H21FN4O3S2. The molecule has 4 aromatic rings. The molecular weight excluding hydrogens is 451 g/mol. The van der Waals surface area contributed by atoms with Gasteiger partial charge in [0.2, 0.25) is 10.0 Å². The summed E-state index contributed by atoms with van der Waals surface area (Å²) in [5.41, 5.74) is 2.62. The largest absolute Gasteiger partial charge is 0.360 e. The van der Waals surface area contributed by atoms with E-state index < -0.39 is 26.6 Å². The van der Waals surface area contributed by atoms with E-state index in [0.717, 1.165) is 32.9 Å². The number of nitrogens with zero attached hydrogens (tertiary/aromatic N) is 2. The van der Waals surface area contributed by atoms with Gasteiger partial charge in [-0.1, -0.05) is 32.0 Å². The van der Waals surface area contributed by atoms with Gasteiger partial charge < -0.3 is 4.98 Å². The van der Waals surface area contributed by atoms with Gasteiger partial charge in [0.05, 0.1) is 5.69 Å². The Balaban J connectivity index is 1.59. The van der Waals surface area contributed by atoms with Crippen LogP contribution >= 0.6 is 11.3 Å². The molecule has 10 heteroatoms. The van der Waals surface area contributed by atoms with Crippen LogP contribution in [-0.2, 0) is 10.0 Å². The average Bonchev–Trinajstić information content (AvgIpc) is 3.41. The van der Waals surface area contributed by atoms with E-state index in [1.807, 2.05) is 35.8 Å². The average molecular weight is 473 g/mol. The predicted molar refractivity (Wildman–Crippen MR) is 124 cm³/mol. The first-order chi connectivity index (χ1) is 15.3. The highest BCUT2D eigenvalue weighted by Gasteiger charge is 2.26. The minimum atomic E-state index is -4.05. The third-order valence-corrected chi connectivity index (χ3v) is 7.93. The Morgan fingerprint density at radius 1 is 1.19 bits per heavy atom. The Hall–Kier alpha value is -3.08. The van der Waals surface area contributed by atoms with Gasteiger partial charge in [0.15, 0.2) is 5.13 Å². The quantitative estimate of drug-likeness (QED) is 0.407. The van der Waals surface area contributed by atoms with E-state index in [4.69, 9.17) is 0 Å². The van der Waals surface area contributed by atoms with Gasteiger partial charge in [-0.3, -0.25) is 10.1 Å². The van der Waals surface area contributed by atoms with Crippen LogP contribution in [0.5, 0.6) is 0 Å². The summed E-state index contributed by atoms with van der Waals surface area (Å²) in [5, 5.41) is 5.87. The van der Waals surface area contributed by atoms with E-state index in [1.54, 1.807) is 13.8 Å². The molecule has 2 N–H and O–H groups in total. The number of benzene rings is 2. The van der Waals surface area contributed by atoms with Crippen molar-refractivity contribution < 1.29 is 17.6 Å². The fourth-order valence-corrected chi connectivity index (χ4v) is 5.71. The number of hydrogen-bond acceptors (Lipinski definition) is 5. The molecule has 4 rings (SSSR count). The molecule has 0 aliphatic heterocycles. The number of thiazole rings is 1. The molecule has 0 aliphatic rings. The number of hydrogen-bond donors (Lipinski definition) is 2. The van der Waals surface area contributed by atoms with Crippen molar-refractivity contribution in [3.05, 3.63) is 65.4 Å². The number of carbonyl (C=O) groups excluding carboxylic acids is 1. The molecule has 1 amide bonds. The number of aromatic amines is 1. The molecule has 2 aromatic carbocycles. The number of para-hydroxylation sites is 1. The van der Waals surface area contributed by atoms with Gasteiger partial charge in [0.25, 0.3) is 5.91 Å². The number of anilines is 1. The molecule has 2 heterocycles. The number of H-pyrrole nitrogens is 1. The SMILES string of the molecule is CCN(CC)S(=O)(=O)c1cc(C(=O)Nc2nc(-c3c[nH]c4ccccc34)cs2)ccc1F. The van der Waals surface area contributed by atoms with Gasteiger partial charge in [0, 0.05) is 46.7 Å². The van der Waals surface area contributed by atoms with Crippen LogP contribution in [-0.4, -0.2) is 41.7 Å². The van der Waals surface area contributed by atoms with Crippen LogP contribution in [0.1, 0.15) is 24.2 Å². The van der Waals surface area contributed by atoms with Crippen molar-refractivity contribution in [3.8, 4) is 11.3 Å². The molecule has 32 heavy (non-hydrogen) atoms. The van der Waals surface area contributed by atoms with Crippen LogP contribution in [0.3, 0.4) is 0 Å². The zero-order chi connectivity index (χ0) is 22.9. The molecule has 0 bridgehead atoms. The van der Waals surface area contributed by atoms with Gasteiger partial charge in [-0.15, -0.1) is 11.3 Å². The second-order valence-electron chi connectivity index (χ2n) is 6.97. The first kappa shape index (κ1) is 22.1. The van der Waals surface area contributed by atoms with Crippen LogP contribution < -0.4 is 5.32 Å². The number of amides is 1. The molecule has 2 aromatic heterocycles. The van der Waals surface area contributed by atoms with E-state index in [-0.39, 0.29) is 18.7 Å². The van der Waals surface area contributed by atoms with E-state index in [9.17, 15) is 17.6 Å². The van der Waals surface area contributed by atoms with Crippen LogP contribution in [0.15, 0.2) is 58.9 Å². The van der Waals surface area contributed by atoms with Crippen LogP contribution in [0.25, 0.3) is 22.2 Å². The molecule has 0 atom stereocenters. The summed E-state index contributed by atoms with van der Waals surface area (Å²) in [4.78, 5) is 19.9. The number of fused-ring (bicyclic) bond motifs is 1. The maximum absolute atomic E-state index is 14.3. The second-order valence-corrected chi connectivity index (χ2v) is 9.74. The van der Waals surface area contributed by atoms with E-state index in [1.165, 1.54) is 17.4 Å². The maximum Gasteiger partial charge on any atom is 0.257 e. The molecule has 0 unspecified atom stereocenters. The number of halogens is 1. The van der Waals surface area contributed by atoms with Gasteiger partial charge >= 0.3 is 0 Å². The van der Waals surface area contributed by atoms with E-state index in [0.29, 0.717) is 10.8 Å². The first-order valence-electron chi connectivity index (χ1n) is 9.98. The number of aromatic nitrogens is 2. The second kappa shape index (κ2) is 8.81. The molecule has 0 radical (unpaired) electrons. The minimum Gasteiger partial charge on any atom is -0.360 e. The highest BCUT2D eigenvalue weighted by molar-refractivity contribution is 7.89. The molecule has 166 valence electrons. The molecule has 0 saturated carbocycles. The highest BCUT2D eigenvalue weighted by Crippen LogP contribution is 2.31. The van der Waals surface area contributed by atoms with Crippen molar-refractivity contribution in [1.82, 2.24) is 14.3 Å². The van der Waals surface area contributed by atoms with Crippen LogP contribution in [0, 0.1) is 5.82 Å². The van der Waals surface area contributed by atoms with Crippen molar-refractivity contribution in [1.29, 1.82) is 0 Å². The Bertz CT molecular complexity index is 1390. The standard InChI is InChI=1S/C22H21FN4O3S2/c1-3-27(4-2)32(29,30)20-11-14(9-10-17(20)23)21(28)26-22-25-19(13-31-22)16-12-24-18-8-6-5-7-15(16)18/h5-13,24H,3-4H2,1-2H3,(H,25,26,28). The molecule has 0 spiro atoms. The van der Waals surface area contributed by atoms with Gasteiger partial charge in [-0.05, 0) is 24.3 Å². The normalized spacial score (nSPS) is 11.9. The Morgan fingerprint density at radius 3 is 2.69 bits per heavy atom. The highest BCUT2D eigenvalue weighted by atomic mass is 32.2. The maximum atomic E-state index is 14.3.